The van der Waals surface area contributed by atoms with Crippen molar-refractivity contribution in [2.45, 2.75) is 39.7 Å². The fourth-order valence-corrected chi connectivity index (χ4v) is 3.33. The zero-order valence-corrected chi connectivity index (χ0v) is 21.2. The number of guanidine groups is 1. The maximum atomic E-state index is 11.9. The first kappa shape index (κ1) is 26.5. The largest absolute Gasteiger partial charge is 0.369 e. The van der Waals surface area contributed by atoms with E-state index in [0.29, 0.717) is 5.96 Å². The van der Waals surface area contributed by atoms with Crippen LogP contribution in [0.2, 0.25) is 0 Å². The monoisotopic (exact) mass is 530 g/mol. The van der Waals surface area contributed by atoms with Gasteiger partial charge in [0.25, 0.3) is 0 Å². The molecule has 170 valence electrons. The summed E-state index contributed by atoms with van der Waals surface area (Å²) in [5.41, 5.74) is 1.08. The lowest BCUT2D eigenvalue weighted by Gasteiger charge is -2.36. The molecule has 1 saturated heterocycles. The molecule has 0 radical (unpaired) electrons. The number of benzene rings is 1. The van der Waals surface area contributed by atoms with E-state index in [4.69, 9.17) is 0 Å². The number of hydrogen-bond acceptors (Lipinski definition) is 4. The molecule has 1 fully saturated rings. The lowest BCUT2D eigenvalue weighted by atomic mass is 10.1. The van der Waals surface area contributed by atoms with Gasteiger partial charge in [0.1, 0.15) is 6.54 Å². The quantitative estimate of drug-likeness (QED) is 0.208. The smallest absolute Gasteiger partial charge is 0.242 e. The molecule has 0 saturated carbocycles. The van der Waals surface area contributed by atoms with Gasteiger partial charge >= 0.3 is 0 Å². The van der Waals surface area contributed by atoms with Crippen molar-refractivity contribution in [3.8, 4) is 0 Å². The number of hydrogen-bond donors (Lipinski definition) is 3. The average Bonchev–Trinajstić information content (AvgIpc) is 2.69. The van der Waals surface area contributed by atoms with Crippen molar-refractivity contribution in [2.24, 2.45) is 4.99 Å². The van der Waals surface area contributed by atoms with Crippen LogP contribution in [0.5, 0.6) is 0 Å². The van der Waals surface area contributed by atoms with E-state index in [1.54, 1.807) is 0 Å². The SMILES string of the molecule is CCNC(=NCC(=O)NC(C)(C)C)NCCCN1CCN(c2ccccc2)CC1.I. The van der Waals surface area contributed by atoms with Crippen LogP contribution in [0.1, 0.15) is 34.1 Å². The van der Waals surface area contributed by atoms with Crippen molar-refractivity contribution in [3.63, 3.8) is 0 Å². The minimum Gasteiger partial charge on any atom is -0.369 e. The third-order valence-corrected chi connectivity index (χ3v) is 4.68. The molecule has 1 aliphatic heterocycles. The number of nitrogens with zero attached hydrogens (tertiary/aromatic N) is 3. The van der Waals surface area contributed by atoms with Crippen molar-refractivity contribution in [2.75, 3.05) is 57.3 Å². The molecule has 1 aromatic rings. The summed E-state index contributed by atoms with van der Waals surface area (Å²) in [6, 6.07) is 10.6. The van der Waals surface area contributed by atoms with Crippen molar-refractivity contribution >= 4 is 41.5 Å². The Hall–Kier alpha value is -1.55. The molecule has 1 heterocycles. The van der Waals surface area contributed by atoms with Gasteiger partial charge in [-0.05, 0) is 52.8 Å². The number of nitrogens with one attached hydrogen (secondary N) is 3. The van der Waals surface area contributed by atoms with E-state index in [9.17, 15) is 4.79 Å². The topological polar surface area (TPSA) is 72.0 Å². The highest BCUT2D eigenvalue weighted by atomic mass is 127. The number of halogens is 1. The van der Waals surface area contributed by atoms with Gasteiger partial charge in [-0.2, -0.15) is 0 Å². The van der Waals surface area contributed by atoms with Gasteiger partial charge < -0.3 is 20.9 Å². The van der Waals surface area contributed by atoms with Crippen LogP contribution in [-0.4, -0.2) is 74.7 Å². The molecule has 3 N–H and O–H groups in total. The lowest BCUT2D eigenvalue weighted by molar-refractivity contribution is -0.121. The summed E-state index contributed by atoms with van der Waals surface area (Å²) < 4.78 is 0. The highest BCUT2D eigenvalue weighted by molar-refractivity contribution is 14.0. The Morgan fingerprint density at radius 2 is 1.73 bits per heavy atom. The predicted molar refractivity (Wildman–Crippen MR) is 137 cm³/mol. The van der Waals surface area contributed by atoms with E-state index >= 15 is 0 Å². The molecule has 30 heavy (non-hydrogen) atoms. The number of anilines is 1. The lowest BCUT2D eigenvalue weighted by Crippen LogP contribution is -2.47. The van der Waals surface area contributed by atoms with Crippen LogP contribution in [0.4, 0.5) is 5.69 Å². The fraction of sp³-hybridized carbons (Fsp3) is 0.636. The zero-order valence-electron chi connectivity index (χ0n) is 18.9. The number of aliphatic imine (C=N–C) groups is 1. The summed E-state index contributed by atoms with van der Waals surface area (Å²) in [6.45, 7) is 15.1. The molecule has 0 bridgehead atoms. The molecule has 1 aliphatic rings. The third-order valence-electron chi connectivity index (χ3n) is 4.68. The van der Waals surface area contributed by atoms with Crippen molar-refractivity contribution in [1.29, 1.82) is 0 Å². The van der Waals surface area contributed by atoms with Gasteiger partial charge in [0.05, 0.1) is 0 Å². The number of rotatable bonds is 8. The molecule has 1 amide bonds. The Labute approximate surface area is 199 Å². The second-order valence-corrected chi connectivity index (χ2v) is 8.44. The van der Waals surface area contributed by atoms with Crippen molar-refractivity contribution in [1.82, 2.24) is 20.9 Å². The molecule has 0 unspecified atom stereocenters. The molecule has 0 aromatic heterocycles. The molecule has 1 aromatic carbocycles. The van der Waals surface area contributed by atoms with Gasteiger partial charge in [-0.15, -0.1) is 24.0 Å². The maximum absolute atomic E-state index is 11.9. The zero-order chi connectivity index (χ0) is 21.1. The molecule has 2 rings (SSSR count). The second kappa shape index (κ2) is 13.7. The first-order valence-corrected chi connectivity index (χ1v) is 10.7. The molecule has 7 nitrogen and oxygen atoms in total. The summed E-state index contributed by atoms with van der Waals surface area (Å²) in [7, 11) is 0. The van der Waals surface area contributed by atoms with Crippen LogP contribution in [0.3, 0.4) is 0 Å². The molecular weight excluding hydrogens is 491 g/mol. The molecule has 0 spiro atoms. The maximum Gasteiger partial charge on any atom is 0.242 e. The number of amides is 1. The predicted octanol–water partition coefficient (Wildman–Crippen LogP) is 2.29. The van der Waals surface area contributed by atoms with Crippen LogP contribution >= 0.6 is 24.0 Å². The van der Waals surface area contributed by atoms with Crippen molar-refractivity contribution < 1.29 is 4.79 Å². The molecule has 0 atom stereocenters. The Kier molecular flexibility index (Phi) is 12.1. The number of piperazine rings is 1. The van der Waals surface area contributed by atoms with E-state index in [-0.39, 0.29) is 42.0 Å². The summed E-state index contributed by atoms with van der Waals surface area (Å²) >= 11 is 0. The van der Waals surface area contributed by atoms with Crippen LogP contribution in [0.25, 0.3) is 0 Å². The van der Waals surface area contributed by atoms with E-state index in [0.717, 1.165) is 52.2 Å². The summed E-state index contributed by atoms with van der Waals surface area (Å²) in [6.07, 6.45) is 1.05. The van der Waals surface area contributed by atoms with Crippen molar-refractivity contribution in [3.05, 3.63) is 30.3 Å². The second-order valence-electron chi connectivity index (χ2n) is 8.44. The van der Waals surface area contributed by atoms with E-state index in [2.05, 4.69) is 61.1 Å². The molecular formula is C22H39IN6O. The van der Waals surface area contributed by atoms with Crippen LogP contribution in [0, 0.1) is 0 Å². The number of carbonyl (C=O) groups excluding carboxylic acids is 1. The van der Waals surface area contributed by atoms with Gasteiger partial charge in [0.2, 0.25) is 5.91 Å². The third kappa shape index (κ3) is 10.5. The first-order valence-electron chi connectivity index (χ1n) is 10.7. The van der Waals surface area contributed by atoms with Gasteiger partial charge in [-0.1, -0.05) is 18.2 Å². The Morgan fingerprint density at radius 1 is 1.07 bits per heavy atom. The molecule has 0 aliphatic carbocycles. The first-order chi connectivity index (χ1) is 13.9. The highest BCUT2D eigenvalue weighted by Crippen LogP contribution is 2.15. The number of carbonyl (C=O) groups is 1. The highest BCUT2D eigenvalue weighted by Gasteiger charge is 2.16. The summed E-state index contributed by atoms with van der Waals surface area (Å²) in [5, 5.41) is 9.47. The van der Waals surface area contributed by atoms with E-state index < -0.39 is 0 Å². The Morgan fingerprint density at radius 3 is 2.33 bits per heavy atom. The Balaban J connectivity index is 0.00000450. The van der Waals surface area contributed by atoms with Gasteiger partial charge in [-0.3, -0.25) is 9.69 Å². The van der Waals surface area contributed by atoms with Crippen LogP contribution in [0.15, 0.2) is 35.3 Å². The minimum atomic E-state index is -0.233. The van der Waals surface area contributed by atoms with Gasteiger partial charge in [0.15, 0.2) is 5.96 Å². The van der Waals surface area contributed by atoms with Crippen LogP contribution < -0.4 is 20.9 Å². The molecule has 8 heteroatoms. The summed E-state index contributed by atoms with van der Waals surface area (Å²) in [4.78, 5) is 21.3. The standard InChI is InChI=1S/C22H38N6O.HI/c1-5-23-21(25-18-20(29)26-22(2,3)4)24-12-9-13-27-14-16-28(17-15-27)19-10-7-6-8-11-19;/h6-8,10-11H,5,9,12-18H2,1-4H3,(H,26,29)(H2,23,24,25);1H. The van der Waals surface area contributed by atoms with Gasteiger partial charge in [0, 0.05) is 50.5 Å². The summed E-state index contributed by atoms with van der Waals surface area (Å²) in [5.74, 6) is 0.636. The van der Waals surface area contributed by atoms with Crippen LogP contribution in [-0.2, 0) is 4.79 Å². The van der Waals surface area contributed by atoms with Gasteiger partial charge in [-0.25, -0.2) is 4.99 Å². The van der Waals surface area contributed by atoms with E-state index in [1.165, 1.54) is 5.69 Å². The number of para-hydroxylation sites is 1. The minimum absolute atomic E-state index is 0. The normalized spacial score (nSPS) is 15.3. The van der Waals surface area contributed by atoms with E-state index in [1.807, 2.05) is 27.7 Å². The Bertz CT molecular complexity index is 639. The average molecular weight is 530 g/mol. The fourth-order valence-electron chi connectivity index (χ4n) is 3.33.